The molecule has 18 heavy (non-hydrogen) atoms. The molecule has 96 valence electrons. The van der Waals surface area contributed by atoms with Gasteiger partial charge in [0.15, 0.2) is 0 Å². The van der Waals surface area contributed by atoms with E-state index in [1.165, 1.54) is 0 Å². The molecule has 2 rings (SSSR count). The van der Waals surface area contributed by atoms with E-state index in [-0.39, 0.29) is 16.8 Å². The molecule has 1 saturated heterocycles. The first-order valence-corrected chi connectivity index (χ1v) is 6.34. The molecule has 1 aromatic heterocycles. The maximum Gasteiger partial charge on any atom is 0.229 e. The van der Waals surface area contributed by atoms with Crippen molar-refractivity contribution in [2.75, 3.05) is 11.4 Å². The average Bonchev–Trinajstić information content (AvgIpc) is 2.80. The summed E-state index contributed by atoms with van der Waals surface area (Å²) in [6.07, 6.45) is 2.14. The van der Waals surface area contributed by atoms with E-state index in [0.717, 1.165) is 5.82 Å². The van der Waals surface area contributed by atoms with Crippen molar-refractivity contribution in [1.29, 1.82) is 5.26 Å². The van der Waals surface area contributed by atoms with Gasteiger partial charge in [-0.05, 0) is 26.8 Å². The summed E-state index contributed by atoms with van der Waals surface area (Å²) in [6, 6.07) is 3.87. The Morgan fingerprint density at radius 3 is 2.61 bits per heavy atom. The number of carbonyl (C=O) groups is 1. The minimum Gasteiger partial charge on any atom is -0.328 e. The Hall–Kier alpha value is -1.47. The number of hydrogen-bond donors (Lipinski definition) is 0. The third kappa shape index (κ3) is 2.23. The smallest absolute Gasteiger partial charge is 0.229 e. The van der Waals surface area contributed by atoms with Crippen LogP contribution in [0.5, 0.6) is 0 Å². The number of rotatable bonds is 1. The quantitative estimate of drug-likeness (QED) is 0.733. The van der Waals surface area contributed by atoms with Crippen molar-refractivity contribution in [2.45, 2.75) is 38.1 Å². The maximum atomic E-state index is 11.9. The Morgan fingerprint density at radius 2 is 2.17 bits per heavy atom. The molecule has 1 unspecified atom stereocenters. The Morgan fingerprint density at radius 1 is 1.50 bits per heavy atom. The monoisotopic (exact) mass is 265 g/mol. The fraction of sp³-hybridized carbons (Fsp3) is 0.538. The van der Waals surface area contributed by atoms with Gasteiger partial charge in [-0.3, -0.25) is 9.69 Å². The first kappa shape index (κ1) is 13.0. The van der Waals surface area contributed by atoms with Crippen molar-refractivity contribution in [1.82, 2.24) is 4.57 Å². The maximum absolute atomic E-state index is 11.9. The van der Waals surface area contributed by atoms with Crippen LogP contribution in [0.4, 0.5) is 5.82 Å². The number of alkyl halides is 1. The summed E-state index contributed by atoms with van der Waals surface area (Å²) in [5.74, 6) is 0.773. The van der Waals surface area contributed by atoms with Crippen LogP contribution in [0.25, 0.3) is 0 Å². The third-order valence-corrected chi connectivity index (χ3v) is 3.30. The second-order valence-electron chi connectivity index (χ2n) is 5.55. The summed E-state index contributed by atoms with van der Waals surface area (Å²) in [5.41, 5.74) is 0.375. The SMILES string of the molecule is CC(C)(C)n1cc(C#N)cc1N1CC(Cl)CC1=O. The molecule has 0 radical (unpaired) electrons. The third-order valence-electron chi connectivity index (χ3n) is 3.01. The Bertz CT molecular complexity index is 521. The minimum atomic E-state index is -0.185. The number of amides is 1. The van der Waals surface area contributed by atoms with Crippen LogP contribution in [0.2, 0.25) is 0 Å². The molecule has 1 atom stereocenters. The minimum absolute atomic E-state index is 0.0167. The van der Waals surface area contributed by atoms with Crippen LogP contribution in [-0.4, -0.2) is 22.4 Å². The van der Waals surface area contributed by atoms with Crippen LogP contribution >= 0.6 is 11.6 Å². The molecule has 1 aliphatic rings. The Labute approximate surface area is 112 Å². The van der Waals surface area contributed by atoms with Crippen molar-refractivity contribution in [2.24, 2.45) is 0 Å². The molecular weight excluding hydrogens is 250 g/mol. The zero-order chi connectivity index (χ0) is 13.5. The summed E-state index contributed by atoms with van der Waals surface area (Å²) in [6.45, 7) is 6.62. The van der Waals surface area contributed by atoms with Gasteiger partial charge in [-0.1, -0.05) is 0 Å². The van der Waals surface area contributed by atoms with Gasteiger partial charge in [0.05, 0.1) is 10.9 Å². The number of halogens is 1. The molecule has 5 heteroatoms. The van der Waals surface area contributed by atoms with Crippen LogP contribution in [0, 0.1) is 11.3 Å². The summed E-state index contributed by atoms with van der Waals surface area (Å²) < 4.78 is 1.96. The topological polar surface area (TPSA) is 49.0 Å². The van der Waals surface area contributed by atoms with Gasteiger partial charge in [0.2, 0.25) is 5.91 Å². The highest BCUT2D eigenvalue weighted by atomic mass is 35.5. The molecule has 1 aromatic rings. The van der Waals surface area contributed by atoms with Crippen LogP contribution in [0.1, 0.15) is 32.8 Å². The van der Waals surface area contributed by atoms with Gasteiger partial charge in [-0.25, -0.2) is 0 Å². The summed E-state index contributed by atoms with van der Waals surface area (Å²) >= 11 is 6.02. The van der Waals surface area contributed by atoms with Crippen molar-refractivity contribution in [3.63, 3.8) is 0 Å². The van der Waals surface area contributed by atoms with Gasteiger partial charge in [-0.15, -0.1) is 11.6 Å². The number of nitriles is 1. The van der Waals surface area contributed by atoms with Crippen molar-refractivity contribution >= 4 is 23.3 Å². The van der Waals surface area contributed by atoms with E-state index in [0.29, 0.717) is 18.5 Å². The lowest BCUT2D eigenvalue weighted by Gasteiger charge is -2.28. The highest BCUT2D eigenvalue weighted by molar-refractivity contribution is 6.24. The van der Waals surface area contributed by atoms with E-state index in [2.05, 4.69) is 6.07 Å². The molecule has 1 fully saturated rings. The second kappa shape index (κ2) is 4.33. The Balaban J connectivity index is 2.47. The molecule has 1 aliphatic heterocycles. The molecule has 0 aliphatic carbocycles. The van der Waals surface area contributed by atoms with E-state index in [4.69, 9.17) is 16.9 Å². The molecule has 4 nitrogen and oxygen atoms in total. The fourth-order valence-electron chi connectivity index (χ4n) is 2.14. The van der Waals surface area contributed by atoms with Gasteiger partial charge in [0, 0.05) is 24.7 Å². The molecule has 0 bridgehead atoms. The van der Waals surface area contributed by atoms with Gasteiger partial charge < -0.3 is 4.57 Å². The molecular formula is C13H16ClN3O. The van der Waals surface area contributed by atoms with Crippen LogP contribution in [-0.2, 0) is 10.3 Å². The summed E-state index contributed by atoms with van der Waals surface area (Å²) in [4.78, 5) is 13.6. The van der Waals surface area contributed by atoms with E-state index in [1.54, 1.807) is 17.2 Å². The predicted octanol–water partition coefficient (Wildman–Crippen LogP) is 2.46. The van der Waals surface area contributed by atoms with E-state index < -0.39 is 0 Å². The van der Waals surface area contributed by atoms with Crippen LogP contribution < -0.4 is 4.90 Å². The first-order chi connectivity index (χ1) is 8.32. The zero-order valence-electron chi connectivity index (χ0n) is 10.8. The Kier molecular flexibility index (Phi) is 3.12. The lowest BCUT2D eigenvalue weighted by atomic mass is 10.1. The van der Waals surface area contributed by atoms with Crippen LogP contribution in [0.3, 0.4) is 0 Å². The fourth-order valence-corrected chi connectivity index (χ4v) is 2.41. The van der Waals surface area contributed by atoms with Gasteiger partial charge >= 0.3 is 0 Å². The number of aromatic nitrogens is 1. The first-order valence-electron chi connectivity index (χ1n) is 5.90. The van der Waals surface area contributed by atoms with Gasteiger partial charge in [0.25, 0.3) is 0 Å². The van der Waals surface area contributed by atoms with E-state index >= 15 is 0 Å². The summed E-state index contributed by atoms with van der Waals surface area (Å²) in [7, 11) is 0. The van der Waals surface area contributed by atoms with Gasteiger partial charge in [0.1, 0.15) is 11.9 Å². The number of nitrogens with zero attached hydrogens (tertiary/aromatic N) is 3. The largest absolute Gasteiger partial charge is 0.328 e. The van der Waals surface area contributed by atoms with E-state index in [1.807, 2.05) is 25.3 Å². The summed E-state index contributed by atoms with van der Waals surface area (Å²) in [5, 5.41) is 8.86. The predicted molar refractivity (Wildman–Crippen MR) is 70.8 cm³/mol. The van der Waals surface area contributed by atoms with Crippen LogP contribution in [0.15, 0.2) is 12.3 Å². The molecule has 2 heterocycles. The average molecular weight is 266 g/mol. The van der Waals surface area contributed by atoms with Crippen molar-refractivity contribution in [3.8, 4) is 6.07 Å². The highest BCUT2D eigenvalue weighted by Crippen LogP contribution is 2.30. The molecule has 0 saturated carbocycles. The van der Waals surface area contributed by atoms with Crippen molar-refractivity contribution < 1.29 is 4.79 Å². The highest BCUT2D eigenvalue weighted by Gasteiger charge is 2.32. The zero-order valence-corrected chi connectivity index (χ0v) is 11.5. The standard InChI is InChI=1S/C13H16ClN3O/c1-13(2,3)17-7-9(6-15)4-11(17)16-8-10(14)5-12(16)18/h4,7,10H,5,8H2,1-3H3. The molecule has 0 N–H and O–H groups in total. The molecule has 0 spiro atoms. The number of anilines is 1. The molecule has 1 amide bonds. The van der Waals surface area contributed by atoms with Crippen molar-refractivity contribution in [3.05, 3.63) is 17.8 Å². The lowest BCUT2D eigenvalue weighted by molar-refractivity contribution is -0.117. The molecule has 0 aromatic carbocycles. The van der Waals surface area contributed by atoms with Gasteiger partial charge in [-0.2, -0.15) is 5.26 Å². The normalized spacial score (nSPS) is 20.3. The van der Waals surface area contributed by atoms with E-state index in [9.17, 15) is 4.79 Å². The lowest BCUT2D eigenvalue weighted by Crippen LogP contribution is -2.31. The number of hydrogen-bond acceptors (Lipinski definition) is 2. The second-order valence-corrected chi connectivity index (χ2v) is 6.16. The number of carbonyl (C=O) groups excluding carboxylic acids is 1.